The number of anilines is 1. The number of carbonyl (C=O) groups excluding carboxylic acids is 1. The van der Waals surface area contributed by atoms with Crippen molar-refractivity contribution in [1.29, 1.82) is 0 Å². The van der Waals surface area contributed by atoms with Gasteiger partial charge < -0.3 is 15.4 Å². The lowest BCUT2D eigenvalue weighted by atomic mass is 10.1. The number of amides is 1. The van der Waals surface area contributed by atoms with Crippen molar-refractivity contribution in [2.45, 2.75) is 45.8 Å². The highest BCUT2D eigenvalue weighted by Gasteiger charge is 2.22. The van der Waals surface area contributed by atoms with Crippen molar-refractivity contribution >= 4 is 24.0 Å². The first-order valence-corrected chi connectivity index (χ1v) is 8.75. The summed E-state index contributed by atoms with van der Waals surface area (Å²) in [6.45, 7) is 7.79. The van der Waals surface area contributed by atoms with Gasteiger partial charge in [0.1, 0.15) is 5.75 Å². The van der Waals surface area contributed by atoms with Gasteiger partial charge in [0.25, 0.3) is 5.91 Å². The lowest BCUT2D eigenvalue weighted by Gasteiger charge is -2.23. The fraction of sp³-hybridized carbons (Fsp3) is 0.500. The van der Waals surface area contributed by atoms with E-state index in [0.717, 1.165) is 37.4 Å². The van der Waals surface area contributed by atoms with Crippen LogP contribution in [0.1, 0.15) is 48.9 Å². The summed E-state index contributed by atoms with van der Waals surface area (Å²) in [5.74, 6) is 0.538. The van der Waals surface area contributed by atoms with Crippen LogP contribution in [0.4, 0.5) is 5.69 Å². The Hall–Kier alpha value is -2.12. The lowest BCUT2D eigenvalue weighted by molar-refractivity contribution is 0.102. The first-order chi connectivity index (χ1) is 12.0. The minimum absolute atomic E-state index is 0. The Bertz CT molecular complexity index is 724. The number of ether oxygens (including phenoxy) is 1. The van der Waals surface area contributed by atoms with Crippen molar-refractivity contribution < 1.29 is 9.53 Å². The molecule has 0 atom stereocenters. The van der Waals surface area contributed by atoms with E-state index in [1.54, 1.807) is 0 Å². The Morgan fingerprint density at radius 3 is 2.54 bits per heavy atom. The molecule has 2 N–H and O–H groups in total. The molecule has 0 aliphatic carbocycles. The maximum atomic E-state index is 12.5. The first kappa shape index (κ1) is 20.2. The van der Waals surface area contributed by atoms with Crippen LogP contribution < -0.4 is 15.4 Å². The second-order valence-electron chi connectivity index (χ2n) is 6.59. The van der Waals surface area contributed by atoms with Crippen LogP contribution in [0.25, 0.3) is 0 Å². The van der Waals surface area contributed by atoms with Crippen LogP contribution in [-0.2, 0) is 0 Å². The summed E-state index contributed by atoms with van der Waals surface area (Å²) in [7, 11) is 0. The molecule has 2 aromatic rings. The van der Waals surface area contributed by atoms with Crippen molar-refractivity contribution in [2.75, 3.05) is 18.4 Å². The van der Waals surface area contributed by atoms with Crippen LogP contribution >= 0.6 is 12.4 Å². The zero-order valence-corrected chi connectivity index (χ0v) is 16.2. The Morgan fingerprint density at radius 2 is 1.92 bits per heavy atom. The van der Waals surface area contributed by atoms with E-state index >= 15 is 0 Å². The van der Waals surface area contributed by atoms with E-state index in [1.807, 2.05) is 49.7 Å². The summed E-state index contributed by atoms with van der Waals surface area (Å²) in [4.78, 5) is 12.5. The fourth-order valence-electron chi connectivity index (χ4n) is 3.03. The molecule has 0 saturated carbocycles. The van der Waals surface area contributed by atoms with Gasteiger partial charge in [0.05, 0.1) is 17.8 Å². The number of carbonyl (C=O) groups is 1. The van der Waals surface area contributed by atoms with Gasteiger partial charge in [0, 0.05) is 5.69 Å². The van der Waals surface area contributed by atoms with Gasteiger partial charge in [0.15, 0.2) is 5.69 Å². The quantitative estimate of drug-likeness (QED) is 0.834. The number of benzene rings is 1. The summed E-state index contributed by atoms with van der Waals surface area (Å²) in [6.07, 6.45) is 2.12. The molecule has 0 radical (unpaired) electrons. The third-order valence-electron chi connectivity index (χ3n) is 4.28. The second kappa shape index (κ2) is 9.00. The van der Waals surface area contributed by atoms with Gasteiger partial charge in [-0.15, -0.1) is 17.5 Å². The number of rotatable bonds is 5. The average molecular weight is 380 g/mol. The number of hydrogen-bond acceptors (Lipinski definition) is 5. The Labute approximate surface area is 159 Å². The number of aromatic nitrogens is 3. The number of nitrogens with zero attached hydrogens (tertiary/aromatic N) is 3. The molecule has 1 amide bonds. The van der Waals surface area contributed by atoms with E-state index in [-0.39, 0.29) is 24.4 Å². The number of hydrogen-bond donors (Lipinski definition) is 2. The summed E-state index contributed by atoms with van der Waals surface area (Å²) in [5.41, 5.74) is 1.89. The van der Waals surface area contributed by atoms with Crippen LogP contribution in [-0.4, -0.2) is 40.1 Å². The molecule has 26 heavy (non-hydrogen) atoms. The molecule has 1 aliphatic rings. The van der Waals surface area contributed by atoms with E-state index < -0.39 is 0 Å². The molecule has 1 saturated heterocycles. The van der Waals surface area contributed by atoms with Crippen LogP contribution in [0.3, 0.4) is 0 Å². The lowest BCUT2D eigenvalue weighted by Crippen LogP contribution is -2.30. The first-order valence-electron chi connectivity index (χ1n) is 8.75. The monoisotopic (exact) mass is 379 g/mol. The third kappa shape index (κ3) is 4.74. The van der Waals surface area contributed by atoms with Crippen LogP contribution in [0.15, 0.2) is 24.3 Å². The fourth-order valence-corrected chi connectivity index (χ4v) is 3.03. The van der Waals surface area contributed by atoms with Crippen molar-refractivity contribution in [3.05, 3.63) is 35.7 Å². The van der Waals surface area contributed by atoms with Gasteiger partial charge in [0.2, 0.25) is 0 Å². The Kier molecular flexibility index (Phi) is 6.99. The molecule has 7 nitrogen and oxygen atoms in total. The highest BCUT2D eigenvalue weighted by Crippen LogP contribution is 2.21. The molecule has 1 fully saturated rings. The molecule has 0 unspecified atom stereocenters. The predicted octanol–water partition coefficient (Wildman–Crippen LogP) is 2.97. The van der Waals surface area contributed by atoms with Gasteiger partial charge in [-0.2, -0.15) is 0 Å². The molecule has 3 rings (SSSR count). The minimum atomic E-state index is -0.241. The molecule has 1 aromatic carbocycles. The number of nitrogens with one attached hydrogen (secondary N) is 2. The van der Waals surface area contributed by atoms with Gasteiger partial charge in [-0.3, -0.25) is 4.79 Å². The molecule has 2 heterocycles. The molecule has 0 spiro atoms. The maximum absolute atomic E-state index is 12.5. The minimum Gasteiger partial charge on any atom is -0.491 e. The van der Waals surface area contributed by atoms with Gasteiger partial charge in [-0.1, -0.05) is 5.21 Å². The topological polar surface area (TPSA) is 81.1 Å². The van der Waals surface area contributed by atoms with E-state index in [2.05, 4.69) is 20.9 Å². The third-order valence-corrected chi connectivity index (χ3v) is 4.28. The summed E-state index contributed by atoms with van der Waals surface area (Å²) >= 11 is 0. The van der Waals surface area contributed by atoms with E-state index in [9.17, 15) is 4.79 Å². The van der Waals surface area contributed by atoms with E-state index in [0.29, 0.717) is 17.4 Å². The van der Waals surface area contributed by atoms with Crippen molar-refractivity contribution in [3.8, 4) is 5.75 Å². The van der Waals surface area contributed by atoms with Gasteiger partial charge >= 0.3 is 0 Å². The molecule has 1 aromatic heterocycles. The van der Waals surface area contributed by atoms with Crippen molar-refractivity contribution in [3.63, 3.8) is 0 Å². The molecule has 1 aliphatic heterocycles. The van der Waals surface area contributed by atoms with Gasteiger partial charge in [-0.05, 0) is 71.0 Å². The SMILES string of the molecule is Cc1c(C(=O)Nc2ccc(OC(C)C)cc2)nnn1C1CCNCC1.Cl. The van der Waals surface area contributed by atoms with Gasteiger partial charge in [-0.25, -0.2) is 4.68 Å². The smallest absolute Gasteiger partial charge is 0.278 e. The van der Waals surface area contributed by atoms with Crippen LogP contribution in [0.5, 0.6) is 5.75 Å². The molecule has 8 heteroatoms. The Morgan fingerprint density at radius 1 is 1.27 bits per heavy atom. The largest absolute Gasteiger partial charge is 0.491 e. The summed E-state index contributed by atoms with van der Waals surface area (Å²) in [5, 5.41) is 14.5. The molecule has 0 bridgehead atoms. The molecular formula is C18H26ClN5O2. The predicted molar refractivity (Wildman–Crippen MR) is 103 cm³/mol. The highest BCUT2D eigenvalue weighted by atomic mass is 35.5. The van der Waals surface area contributed by atoms with E-state index in [1.165, 1.54) is 0 Å². The number of piperidine rings is 1. The number of halogens is 1. The summed E-state index contributed by atoms with van der Waals surface area (Å²) in [6, 6.07) is 7.63. The standard InChI is InChI=1S/C18H25N5O2.ClH/c1-12(2)25-16-6-4-14(5-7-16)20-18(24)17-13(3)23(22-21-17)15-8-10-19-11-9-15;/h4-7,12,15,19H,8-11H2,1-3H3,(H,20,24);1H. The Balaban J connectivity index is 0.00000243. The van der Waals surface area contributed by atoms with E-state index in [4.69, 9.17) is 4.74 Å². The second-order valence-corrected chi connectivity index (χ2v) is 6.59. The highest BCUT2D eigenvalue weighted by molar-refractivity contribution is 6.03. The maximum Gasteiger partial charge on any atom is 0.278 e. The van der Waals surface area contributed by atoms with Crippen LogP contribution in [0, 0.1) is 6.92 Å². The summed E-state index contributed by atoms with van der Waals surface area (Å²) < 4.78 is 7.49. The van der Waals surface area contributed by atoms with Crippen molar-refractivity contribution in [1.82, 2.24) is 20.3 Å². The van der Waals surface area contributed by atoms with Crippen molar-refractivity contribution in [2.24, 2.45) is 0 Å². The normalized spacial score (nSPS) is 14.8. The van der Waals surface area contributed by atoms with Crippen LogP contribution in [0.2, 0.25) is 0 Å². The molecule has 142 valence electrons. The average Bonchev–Trinajstić information content (AvgIpc) is 2.98. The molecular weight excluding hydrogens is 354 g/mol. The zero-order valence-electron chi connectivity index (χ0n) is 15.4. The zero-order chi connectivity index (χ0) is 17.8.